The van der Waals surface area contributed by atoms with Crippen LogP contribution in [0.1, 0.15) is 19.8 Å². The summed E-state index contributed by atoms with van der Waals surface area (Å²) in [6.07, 6.45) is 1.34. The molecular formula is C17H24FN5O2. The topological polar surface area (TPSA) is 85.8 Å². The molecule has 1 saturated heterocycles. The van der Waals surface area contributed by atoms with Gasteiger partial charge in [0.2, 0.25) is 11.8 Å². The van der Waals surface area contributed by atoms with E-state index in [1.165, 1.54) is 24.3 Å². The lowest BCUT2D eigenvalue weighted by Crippen LogP contribution is -2.47. The summed E-state index contributed by atoms with van der Waals surface area (Å²) in [4.78, 5) is 29.6. The average Bonchev–Trinajstić information content (AvgIpc) is 3.08. The molecule has 1 aliphatic rings. The smallest absolute Gasteiger partial charge is 0.243 e. The molecule has 0 aromatic heterocycles. The van der Waals surface area contributed by atoms with Gasteiger partial charge in [-0.3, -0.25) is 14.6 Å². The number of carbonyl (C=O) groups excluding carboxylic acids is 2. The first-order valence-corrected chi connectivity index (χ1v) is 8.32. The van der Waals surface area contributed by atoms with Gasteiger partial charge in [-0.25, -0.2) is 4.39 Å². The molecule has 1 atom stereocenters. The molecule has 1 heterocycles. The Balaban J connectivity index is 1.76. The van der Waals surface area contributed by atoms with Crippen molar-refractivity contribution in [1.29, 1.82) is 0 Å². The van der Waals surface area contributed by atoms with E-state index in [9.17, 15) is 14.0 Å². The maximum absolute atomic E-state index is 12.8. The van der Waals surface area contributed by atoms with Crippen LogP contribution in [0.25, 0.3) is 0 Å². The van der Waals surface area contributed by atoms with Crippen LogP contribution in [0.2, 0.25) is 0 Å². The van der Waals surface area contributed by atoms with Crippen molar-refractivity contribution in [3.63, 3.8) is 0 Å². The van der Waals surface area contributed by atoms with Gasteiger partial charge in [-0.2, -0.15) is 0 Å². The van der Waals surface area contributed by atoms with Crippen LogP contribution in [0.15, 0.2) is 29.3 Å². The predicted molar refractivity (Wildman–Crippen MR) is 94.8 cm³/mol. The molecule has 3 N–H and O–H groups in total. The number of likely N-dealkylation sites (tertiary alicyclic amines) is 1. The van der Waals surface area contributed by atoms with Gasteiger partial charge in [0.15, 0.2) is 5.96 Å². The first-order valence-electron chi connectivity index (χ1n) is 8.32. The molecule has 136 valence electrons. The van der Waals surface area contributed by atoms with E-state index >= 15 is 0 Å². The van der Waals surface area contributed by atoms with Gasteiger partial charge in [0.1, 0.15) is 5.82 Å². The third kappa shape index (κ3) is 5.74. The predicted octanol–water partition coefficient (Wildman–Crippen LogP) is 0.940. The second-order valence-electron chi connectivity index (χ2n) is 5.80. The number of anilines is 1. The molecule has 8 heteroatoms. The lowest BCUT2D eigenvalue weighted by molar-refractivity contribution is -0.129. The number of nitrogens with one attached hydrogen (secondary N) is 3. The minimum Gasteiger partial charge on any atom is -0.352 e. The van der Waals surface area contributed by atoms with E-state index in [4.69, 9.17) is 0 Å². The normalized spacial score (nSPS) is 17.3. The Bertz CT molecular complexity index is 632. The third-order valence-electron chi connectivity index (χ3n) is 3.95. The Kier molecular flexibility index (Phi) is 6.73. The summed E-state index contributed by atoms with van der Waals surface area (Å²) in [5.41, 5.74) is 0.528. The zero-order valence-corrected chi connectivity index (χ0v) is 14.5. The molecule has 0 radical (unpaired) electrons. The maximum atomic E-state index is 12.8. The second-order valence-corrected chi connectivity index (χ2v) is 5.80. The van der Waals surface area contributed by atoms with Gasteiger partial charge >= 0.3 is 0 Å². The van der Waals surface area contributed by atoms with Crippen molar-refractivity contribution in [3.05, 3.63) is 30.1 Å². The maximum Gasteiger partial charge on any atom is 0.243 e. The zero-order chi connectivity index (χ0) is 18.2. The first-order chi connectivity index (χ1) is 12.0. The highest BCUT2D eigenvalue weighted by Crippen LogP contribution is 2.10. The molecule has 1 aliphatic heterocycles. The van der Waals surface area contributed by atoms with Crippen molar-refractivity contribution >= 4 is 23.5 Å². The number of aliphatic imine (C=N–C) groups is 1. The van der Waals surface area contributed by atoms with Gasteiger partial charge in [-0.05, 0) is 30.7 Å². The summed E-state index contributed by atoms with van der Waals surface area (Å²) >= 11 is 0. The van der Waals surface area contributed by atoms with E-state index in [2.05, 4.69) is 20.9 Å². The van der Waals surface area contributed by atoms with Crippen LogP contribution in [-0.4, -0.2) is 55.4 Å². The van der Waals surface area contributed by atoms with Crippen LogP contribution >= 0.6 is 0 Å². The molecule has 1 fully saturated rings. The highest BCUT2D eigenvalue weighted by Gasteiger charge is 2.25. The average molecular weight is 349 g/mol. The van der Waals surface area contributed by atoms with Gasteiger partial charge < -0.3 is 20.9 Å². The number of carbonyl (C=O) groups is 2. The van der Waals surface area contributed by atoms with E-state index < -0.39 is 0 Å². The van der Waals surface area contributed by atoms with E-state index in [1.807, 2.05) is 11.8 Å². The molecule has 0 spiro atoms. The van der Waals surface area contributed by atoms with Gasteiger partial charge in [0.25, 0.3) is 0 Å². The number of guanidine groups is 1. The third-order valence-corrected chi connectivity index (χ3v) is 3.95. The fourth-order valence-electron chi connectivity index (χ4n) is 2.62. The van der Waals surface area contributed by atoms with E-state index in [0.29, 0.717) is 24.6 Å². The van der Waals surface area contributed by atoms with Crippen LogP contribution in [0.5, 0.6) is 0 Å². The van der Waals surface area contributed by atoms with E-state index in [1.54, 1.807) is 7.05 Å². The molecule has 2 amide bonds. The quantitative estimate of drug-likeness (QED) is 0.546. The fraction of sp³-hybridized carbons (Fsp3) is 0.471. The fourth-order valence-corrected chi connectivity index (χ4v) is 2.62. The van der Waals surface area contributed by atoms with Crippen LogP contribution in [0.4, 0.5) is 10.1 Å². The van der Waals surface area contributed by atoms with Gasteiger partial charge in [0.05, 0.1) is 6.54 Å². The molecule has 1 unspecified atom stereocenters. The number of benzene rings is 1. The van der Waals surface area contributed by atoms with Gasteiger partial charge in [-0.15, -0.1) is 0 Å². The Labute approximate surface area is 146 Å². The lowest BCUT2D eigenvalue weighted by atomic mass is 10.3. The Morgan fingerprint density at radius 2 is 2.04 bits per heavy atom. The number of hydrogen-bond acceptors (Lipinski definition) is 3. The summed E-state index contributed by atoms with van der Waals surface area (Å²) in [6.45, 7) is 3.24. The largest absolute Gasteiger partial charge is 0.352 e. The number of amides is 2. The molecule has 0 aliphatic carbocycles. The molecule has 7 nitrogen and oxygen atoms in total. The van der Waals surface area contributed by atoms with E-state index in [-0.39, 0.29) is 30.2 Å². The summed E-state index contributed by atoms with van der Waals surface area (Å²) in [5, 5.41) is 8.82. The Hall–Kier alpha value is -2.64. The molecule has 25 heavy (non-hydrogen) atoms. The van der Waals surface area contributed by atoms with Crippen molar-refractivity contribution in [2.24, 2.45) is 4.99 Å². The van der Waals surface area contributed by atoms with Crippen LogP contribution in [0.3, 0.4) is 0 Å². The minimum absolute atomic E-state index is 0.0291. The lowest BCUT2D eigenvalue weighted by Gasteiger charge is -2.18. The first kappa shape index (κ1) is 18.7. The monoisotopic (exact) mass is 349 g/mol. The van der Waals surface area contributed by atoms with Crippen molar-refractivity contribution in [2.75, 3.05) is 32.0 Å². The number of halogens is 1. The molecule has 0 bridgehead atoms. The molecule has 0 saturated carbocycles. The number of rotatable bonds is 5. The molecule has 2 rings (SSSR count). The summed E-state index contributed by atoms with van der Waals surface area (Å²) in [5.74, 6) is 0.0348. The number of hydrogen-bond donors (Lipinski definition) is 3. The SMILES string of the molecule is CCC(=O)N1CCC(NC(=NC)NCC(=O)Nc2ccc(F)cc2)C1. The molecule has 1 aromatic carbocycles. The zero-order valence-electron chi connectivity index (χ0n) is 14.5. The van der Waals surface area contributed by atoms with Crippen LogP contribution < -0.4 is 16.0 Å². The molecule has 1 aromatic rings. The highest BCUT2D eigenvalue weighted by molar-refractivity contribution is 5.95. The van der Waals surface area contributed by atoms with Gasteiger partial charge in [-0.1, -0.05) is 6.92 Å². The highest BCUT2D eigenvalue weighted by atomic mass is 19.1. The summed E-state index contributed by atoms with van der Waals surface area (Å²) < 4.78 is 12.8. The molecular weight excluding hydrogens is 325 g/mol. The van der Waals surface area contributed by atoms with Crippen molar-refractivity contribution in [3.8, 4) is 0 Å². The van der Waals surface area contributed by atoms with E-state index in [0.717, 1.165) is 13.0 Å². The van der Waals surface area contributed by atoms with Crippen LogP contribution in [-0.2, 0) is 9.59 Å². The number of nitrogens with zero attached hydrogens (tertiary/aromatic N) is 2. The summed E-state index contributed by atoms with van der Waals surface area (Å²) in [6, 6.07) is 5.68. The van der Waals surface area contributed by atoms with Crippen molar-refractivity contribution in [2.45, 2.75) is 25.8 Å². The minimum atomic E-state index is -0.354. The Morgan fingerprint density at radius 3 is 2.68 bits per heavy atom. The van der Waals surface area contributed by atoms with Gasteiger partial charge in [0, 0.05) is 38.3 Å². The standard InChI is InChI=1S/C17H24FN5O2/c1-3-16(25)23-9-8-14(11-23)22-17(19-2)20-10-15(24)21-13-6-4-12(18)5-7-13/h4-7,14H,3,8-11H2,1-2H3,(H,21,24)(H2,19,20,22). The van der Waals surface area contributed by atoms with Crippen molar-refractivity contribution in [1.82, 2.24) is 15.5 Å². The summed E-state index contributed by atoms with van der Waals surface area (Å²) in [7, 11) is 1.62. The van der Waals surface area contributed by atoms with Crippen molar-refractivity contribution < 1.29 is 14.0 Å². The Morgan fingerprint density at radius 1 is 1.32 bits per heavy atom. The second kappa shape index (κ2) is 9.00. The van der Waals surface area contributed by atoms with Crippen LogP contribution in [0, 0.1) is 5.82 Å².